The predicted octanol–water partition coefficient (Wildman–Crippen LogP) is 2.24. The molecule has 0 spiro atoms. The van der Waals surface area contributed by atoms with E-state index in [1.165, 1.54) is 29.0 Å². The van der Waals surface area contributed by atoms with Crippen molar-refractivity contribution in [2.24, 2.45) is 7.05 Å². The number of nitrogens with one attached hydrogen (secondary N) is 1. The molecule has 0 unspecified atom stereocenters. The van der Waals surface area contributed by atoms with E-state index in [1.807, 2.05) is 6.92 Å². The van der Waals surface area contributed by atoms with E-state index in [1.54, 1.807) is 23.7 Å². The van der Waals surface area contributed by atoms with Gasteiger partial charge in [-0.05, 0) is 24.1 Å². The molecule has 29 heavy (non-hydrogen) atoms. The highest BCUT2D eigenvalue weighted by molar-refractivity contribution is 7.89. The third kappa shape index (κ3) is 4.94. The van der Waals surface area contributed by atoms with Gasteiger partial charge in [-0.3, -0.25) is 0 Å². The lowest BCUT2D eigenvalue weighted by Gasteiger charge is -2.19. The van der Waals surface area contributed by atoms with E-state index in [4.69, 9.17) is 4.74 Å². The third-order valence-electron chi connectivity index (χ3n) is 4.87. The number of aryl methyl sites for hydroxylation is 1. The van der Waals surface area contributed by atoms with Crippen molar-refractivity contribution in [1.82, 2.24) is 19.2 Å². The fraction of sp³-hybridized carbons (Fsp3) is 0.474. The Morgan fingerprint density at radius 2 is 2.03 bits per heavy atom. The number of benzene rings is 1. The zero-order valence-electron chi connectivity index (χ0n) is 16.4. The molecule has 2 aromatic rings. The molecular weight excluding hydrogens is 399 g/mol. The maximum atomic E-state index is 13.3. The maximum Gasteiger partial charge on any atom is 0.407 e. The average molecular weight is 424 g/mol. The fourth-order valence-electron chi connectivity index (χ4n) is 3.29. The first-order chi connectivity index (χ1) is 13.8. The smallest absolute Gasteiger partial charge is 0.407 e. The van der Waals surface area contributed by atoms with Gasteiger partial charge < -0.3 is 14.6 Å². The molecule has 2 heterocycles. The number of amides is 1. The van der Waals surface area contributed by atoms with Crippen molar-refractivity contribution >= 4 is 16.1 Å². The van der Waals surface area contributed by atoms with Crippen LogP contribution in [0.15, 0.2) is 41.8 Å². The highest BCUT2D eigenvalue weighted by Crippen LogP contribution is 2.33. The number of nitrogens with zero attached hydrogens (tertiary/aromatic N) is 3. The number of carbonyl (C=O) groups is 1. The van der Waals surface area contributed by atoms with Crippen LogP contribution in [0.2, 0.25) is 0 Å². The van der Waals surface area contributed by atoms with E-state index in [9.17, 15) is 17.6 Å². The summed E-state index contributed by atoms with van der Waals surface area (Å²) in [6, 6.07) is 5.79. The summed E-state index contributed by atoms with van der Waals surface area (Å²) in [5, 5.41) is 2.61. The maximum absolute atomic E-state index is 13.3. The summed E-state index contributed by atoms with van der Waals surface area (Å²) >= 11 is 0. The van der Waals surface area contributed by atoms with Crippen molar-refractivity contribution in [3.63, 3.8) is 0 Å². The molecule has 0 radical (unpaired) electrons. The first kappa shape index (κ1) is 21.3. The minimum Gasteiger partial charge on any atom is -0.444 e. The van der Waals surface area contributed by atoms with Gasteiger partial charge in [0.15, 0.2) is 5.03 Å². The molecule has 1 aliphatic heterocycles. The summed E-state index contributed by atoms with van der Waals surface area (Å²) < 4.78 is 47.6. The van der Waals surface area contributed by atoms with Crippen molar-refractivity contribution in [3.05, 3.63) is 48.2 Å². The molecule has 1 saturated heterocycles. The van der Waals surface area contributed by atoms with Crippen molar-refractivity contribution < 1.29 is 22.3 Å². The molecule has 2 atom stereocenters. The summed E-state index contributed by atoms with van der Waals surface area (Å²) in [4.78, 5) is 16.1. The van der Waals surface area contributed by atoms with Crippen LogP contribution in [0.1, 0.15) is 31.2 Å². The molecule has 0 bridgehead atoms. The lowest BCUT2D eigenvalue weighted by molar-refractivity contribution is 0.0966. The molecule has 1 N–H and O–H groups in total. The molecule has 3 rings (SSSR count). The van der Waals surface area contributed by atoms with E-state index in [2.05, 4.69) is 10.3 Å². The van der Waals surface area contributed by atoms with Crippen molar-refractivity contribution in [1.29, 1.82) is 0 Å². The van der Waals surface area contributed by atoms with Gasteiger partial charge in [-0.1, -0.05) is 25.5 Å². The third-order valence-corrected chi connectivity index (χ3v) is 6.59. The van der Waals surface area contributed by atoms with Gasteiger partial charge in [0, 0.05) is 32.3 Å². The summed E-state index contributed by atoms with van der Waals surface area (Å²) in [6.45, 7) is 2.60. The second-order valence-corrected chi connectivity index (χ2v) is 8.97. The topological polar surface area (TPSA) is 93.5 Å². The second kappa shape index (κ2) is 8.91. The minimum absolute atomic E-state index is 0.00213. The van der Waals surface area contributed by atoms with Crippen molar-refractivity contribution in [2.45, 2.75) is 36.8 Å². The van der Waals surface area contributed by atoms with E-state index in [0.29, 0.717) is 12.1 Å². The molecule has 0 saturated carbocycles. The Labute approximate surface area is 169 Å². The Hall–Kier alpha value is -2.46. The number of unbranched alkanes of at least 4 members (excludes halogenated alkanes) is 1. The SMILES string of the molecule is CCCCNC(=O)O[C@H]1CN(S(=O)(=O)c2cn(C)cn2)C[C@@H]1c1ccc(F)cc1. The van der Waals surface area contributed by atoms with E-state index >= 15 is 0 Å². The zero-order chi connectivity index (χ0) is 21.0. The quantitative estimate of drug-likeness (QED) is 0.688. The van der Waals surface area contributed by atoms with Crippen LogP contribution < -0.4 is 5.32 Å². The Morgan fingerprint density at radius 1 is 1.31 bits per heavy atom. The van der Waals surface area contributed by atoms with Gasteiger partial charge >= 0.3 is 6.09 Å². The fourth-order valence-corrected chi connectivity index (χ4v) is 4.73. The van der Waals surface area contributed by atoms with Gasteiger partial charge in [0.05, 0.1) is 12.9 Å². The normalized spacial score (nSPS) is 20.0. The molecule has 1 aromatic heterocycles. The van der Waals surface area contributed by atoms with Crippen LogP contribution in [-0.2, 0) is 21.8 Å². The van der Waals surface area contributed by atoms with Crippen LogP contribution in [0.4, 0.5) is 9.18 Å². The number of hydrogen-bond acceptors (Lipinski definition) is 5. The van der Waals surface area contributed by atoms with Crippen LogP contribution in [0, 0.1) is 5.82 Å². The number of rotatable bonds is 7. The molecule has 158 valence electrons. The number of hydrogen-bond donors (Lipinski definition) is 1. The van der Waals surface area contributed by atoms with Crippen molar-refractivity contribution in [2.75, 3.05) is 19.6 Å². The number of sulfonamides is 1. The van der Waals surface area contributed by atoms with Crippen LogP contribution in [0.3, 0.4) is 0 Å². The lowest BCUT2D eigenvalue weighted by Crippen LogP contribution is -2.34. The molecule has 0 aliphatic carbocycles. The van der Waals surface area contributed by atoms with Crippen molar-refractivity contribution in [3.8, 4) is 0 Å². The number of alkyl carbamates (subject to hydrolysis) is 1. The van der Waals surface area contributed by atoms with Gasteiger partial charge in [0.2, 0.25) is 0 Å². The van der Waals surface area contributed by atoms with Crippen LogP contribution in [0.25, 0.3) is 0 Å². The Kier molecular flexibility index (Phi) is 6.53. The van der Waals surface area contributed by atoms with E-state index in [0.717, 1.165) is 12.8 Å². The van der Waals surface area contributed by atoms with Crippen LogP contribution in [-0.4, -0.2) is 54.1 Å². The molecule has 1 aromatic carbocycles. The van der Waals surface area contributed by atoms with E-state index in [-0.39, 0.29) is 23.9 Å². The molecule has 8 nitrogen and oxygen atoms in total. The predicted molar refractivity (Wildman–Crippen MR) is 104 cm³/mol. The van der Waals surface area contributed by atoms with Crippen LogP contribution >= 0.6 is 0 Å². The summed E-state index contributed by atoms with van der Waals surface area (Å²) in [7, 11) is -2.16. The minimum atomic E-state index is -3.84. The molecule has 1 aliphatic rings. The van der Waals surface area contributed by atoms with Gasteiger partial charge in [0.1, 0.15) is 11.9 Å². The van der Waals surface area contributed by atoms with Gasteiger partial charge in [-0.25, -0.2) is 22.6 Å². The van der Waals surface area contributed by atoms with E-state index < -0.39 is 28.1 Å². The average Bonchev–Trinajstić information content (AvgIpc) is 3.30. The zero-order valence-corrected chi connectivity index (χ0v) is 17.2. The monoisotopic (exact) mass is 424 g/mol. The Balaban J connectivity index is 1.81. The first-order valence-electron chi connectivity index (χ1n) is 9.49. The lowest BCUT2D eigenvalue weighted by atomic mass is 9.96. The summed E-state index contributed by atoms with van der Waals surface area (Å²) in [6.07, 6.45) is 3.30. The highest BCUT2D eigenvalue weighted by Gasteiger charge is 2.43. The highest BCUT2D eigenvalue weighted by atomic mass is 32.2. The number of carbonyl (C=O) groups excluding carboxylic acids is 1. The molecule has 1 amide bonds. The largest absolute Gasteiger partial charge is 0.444 e. The van der Waals surface area contributed by atoms with Gasteiger partial charge in [0.25, 0.3) is 10.0 Å². The number of ether oxygens (including phenoxy) is 1. The first-order valence-corrected chi connectivity index (χ1v) is 10.9. The summed E-state index contributed by atoms with van der Waals surface area (Å²) in [5.41, 5.74) is 0.705. The molecular formula is C19H25FN4O4S. The standard InChI is InChI=1S/C19H25FN4O4S/c1-3-4-9-21-19(25)28-17-11-24(29(26,27)18-12-23(2)13-22-18)10-16(17)14-5-7-15(20)8-6-14/h5-8,12-13,16-17H,3-4,9-11H2,1-2H3,(H,21,25)/t16-,17+/m1/s1. The second-order valence-electron chi connectivity index (χ2n) is 7.08. The Bertz CT molecular complexity index is 945. The number of aromatic nitrogens is 2. The van der Waals surface area contributed by atoms with Gasteiger partial charge in [-0.2, -0.15) is 4.31 Å². The van der Waals surface area contributed by atoms with Gasteiger partial charge in [-0.15, -0.1) is 0 Å². The summed E-state index contributed by atoms with van der Waals surface area (Å²) in [5.74, 6) is -0.800. The number of halogens is 1. The molecule has 10 heteroatoms. The number of imidazole rings is 1. The Morgan fingerprint density at radius 3 is 2.66 bits per heavy atom. The van der Waals surface area contributed by atoms with Crippen LogP contribution in [0.5, 0.6) is 0 Å². The molecule has 1 fully saturated rings.